The Morgan fingerprint density at radius 2 is 1.81 bits per heavy atom. The van der Waals surface area contributed by atoms with E-state index in [2.05, 4.69) is 10.3 Å². The summed E-state index contributed by atoms with van der Waals surface area (Å²) in [6.07, 6.45) is 5.48. The number of pyridine rings is 1. The smallest absolute Gasteiger partial charge is 0.244 e. The third-order valence-corrected chi connectivity index (χ3v) is 6.12. The highest BCUT2D eigenvalue weighted by Gasteiger charge is 2.20. The summed E-state index contributed by atoms with van der Waals surface area (Å²) < 4.78 is 26.3. The molecule has 7 heteroatoms. The second-order valence-electron chi connectivity index (χ2n) is 5.85. The van der Waals surface area contributed by atoms with Crippen LogP contribution in [0.4, 0.5) is 0 Å². The lowest BCUT2D eigenvalue weighted by atomic mass is 10.2. The van der Waals surface area contributed by atoms with E-state index in [-0.39, 0.29) is 10.8 Å². The molecule has 1 aromatic heterocycles. The Kier molecular flexibility index (Phi) is 7.69. The van der Waals surface area contributed by atoms with E-state index < -0.39 is 10.0 Å². The minimum absolute atomic E-state index is 0.203. The molecule has 1 N–H and O–H groups in total. The van der Waals surface area contributed by atoms with E-state index in [1.54, 1.807) is 36.5 Å². The van der Waals surface area contributed by atoms with Crippen molar-refractivity contribution in [1.29, 1.82) is 0 Å². The van der Waals surface area contributed by atoms with Gasteiger partial charge in [-0.15, -0.1) is 0 Å². The second-order valence-corrected chi connectivity index (χ2v) is 7.79. The molecule has 0 aliphatic rings. The molecule has 144 valence electrons. The normalized spacial score (nSPS) is 11.8. The van der Waals surface area contributed by atoms with Crippen LogP contribution in [-0.2, 0) is 21.2 Å². The molecule has 27 heavy (non-hydrogen) atoms. The number of amides is 1. The minimum Gasteiger partial charge on any atom is -0.352 e. The molecule has 6 nitrogen and oxygen atoms in total. The van der Waals surface area contributed by atoms with Gasteiger partial charge in [-0.3, -0.25) is 9.78 Å². The van der Waals surface area contributed by atoms with Gasteiger partial charge in [-0.1, -0.05) is 32.0 Å². The summed E-state index contributed by atoms with van der Waals surface area (Å²) in [6, 6.07) is 12.2. The van der Waals surface area contributed by atoms with Gasteiger partial charge >= 0.3 is 0 Å². The van der Waals surface area contributed by atoms with Crippen LogP contribution < -0.4 is 5.32 Å². The summed E-state index contributed by atoms with van der Waals surface area (Å²) in [6.45, 7) is 4.98. The van der Waals surface area contributed by atoms with Crippen LogP contribution in [0, 0.1) is 0 Å². The lowest BCUT2D eigenvalue weighted by Crippen LogP contribution is -2.30. The molecule has 0 atom stereocenters. The summed E-state index contributed by atoms with van der Waals surface area (Å²) in [4.78, 5) is 16.3. The van der Waals surface area contributed by atoms with Gasteiger partial charge in [-0.05, 0) is 35.9 Å². The monoisotopic (exact) mass is 387 g/mol. The third-order valence-electron chi connectivity index (χ3n) is 4.06. The number of hydrogen-bond acceptors (Lipinski definition) is 4. The number of nitrogens with one attached hydrogen (secondary N) is 1. The lowest BCUT2D eigenvalue weighted by Gasteiger charge is -2.18. The Morgan fingerprint density at radius 3 is 2.41 bits per heavy atom. The molecular weight excluding hydrogens is 362 g/mol. The standard InChI is InChI=1S/C20H25N3O3S/c1-3-23(4-2)27(25,26)19-11-8-17(9-12-19)10-13-20(24)22-16-14-18-7-5-6-15-21-18/h5-13,15H,3-4,14,16H2,1-2H3,(H,22,24)/b13-10+. The van der Waals surface area contributed by atoms with Gasteiger partial charge in [-0.2, -0.15) is 4.31 Å². The maximum Gasteiger partial charge on any atom is 0.244 e. The van der Waals surface area contributed by atoms with E-state index in [1.165, 1.54) is 10.4 Å². The number of aromatic nitrogens is 1. The summed E-state index contributed by atoms with van der Waals surface area (Å²) in [5.41, 5.74) is 1.68. The summed E-state index contributed by atoms with van der Waals surface area (Å²) >= 11 is 0. The number of benzene rings is 1. The molecule has 0 radical (unpaired) electrons. The molecule has 2 aromatic rings. The molecule has 0 saturated heterocycles. The van der Waals surface area contributed by atoms with Gasteiger partial charge in [-0.25, -0.2) is 8.42 Å². The first-order valence-electron chi connectivity index (χ1n) is 8.93. The van der Waals surface area contributed by atoms with Gasteiger partial charge in [0.25, 0.3) is 0 Å². The predicted octanol–water partition coefficient (Wildman–Crippen LogP) is 2.48. The number of sulfonamides is 1. The lowest BCUT2D eigenvalue weighted by molar-refractivity contribution is -0.116. The fourth-order valence-corrected chi connectivity index (χ4v) is 4.01. The van der Waals surface area contributed by atoms with Crippen molar-refractivity contribution in [2.24, 2.45) is 0 Å². The number of hydrogen-bond donors (Lipinski definition) is 1. The Labute approximate surface area is 161 Å². The van der Waals surface area contributed by atoms with Gasteiger partial charge in [0.1, 0.15) is 0 Å². The van der Waals surface area contributed by atoms with Crippen molar-refractivity contribution in [3.05, 3.63) is 66.0 Å². The average Bonchev–Trinajstić information content (AvgIpc) is 2.68. The van der Waals surface area contributed by atoms with Crippen LogP contribution in [0.3, 0.4) is 0 Å². The molecule has 0 saturated carbocycles. The fourth-order valence-electron chi connectivity index (χ4n) is 2.55. The average molecular weight is 388 g/mol. The van der Waals surface area contributed by atoms with Gasteiger partial charge in [0, 0.05) is 44.0 Å². The summed E-state index contributed by atoms with van der Waals surface area (Å²) in [5.74, 6) is -0.203. The Balaban J connectivity index is 1.90. The van der Waals surface area contributed by atoms with Crippen molar-refractivity contribution in [1.82, 2.24) is 14.6 Å². The van der Waals surface area contributed by atoms with Gasteiger partial charge in [0.2, 0.25) is 15.9 Å². The highest BCUT2D eigenvalue weighted by atomic mass is 32.2. The molecule has 0 aliphatic heterocycles. The quantitative estimate of drug-likeness (QED) is 0.671. The van der Waals surface area contributed by atoms with Gasteiger partial charge in [0.05, 0.1) is 4.90 Å². The zero-order chi connectivity index (χ0) is 19.7. The van der Waals surface area contributed by atoms with Crippen LogP contribution in [0.15, 0.2) is 59.6 Å². The molecule has 0 bridgehead atoms. The van der Waals surface area contributed by atoms with Crippen LogP contribution in [0.2, 0.25) is 0 Å². The Morgan fingerprint density at radius 1 is 1.11 bits per heavy atom. The van der Waals surface area contributed by atoms with Crippen molar-refractivity contribution >= 4 is 22.0 Å². The van der Waals surface area contributed by atoms with E-state index >= 15 is 0 Å². The Bertz CT molecular complexity index is 859. The zero-order valence-electron chi connectivity index (χ0n) is 15.6. The van der Waals surface area contributed by atoms with Crippen LogP contribution in [0.25, 0.3) is 6.08 Å². The molecular formula is C20H25N3O3S. The van der Waals surface area contributed by atoms with Crippen LogP contribution in [0.1, 0.15) is 25.1 Å². The molecule has 0 spiro atoms. The highest BCUT2D eigenvalue weighted by molar-refractivity contribution is 7.89. The summed E-state index contributed by atoms with van der Waals surface area (Å²) in [7, 11) is -3.46. The molecule has 1 heterocycles. The summed E-state index contributed by atoms with van der Waals surface area (Å²) in [5, 5.41) is 2.80. The maximum atomic E-state index is 12.4. The van der Waals surface area contributed by atoms with Crippen LogP contribution in [-0.4, -0.2) is 43.2 Å². The van der Waals surface area contributed by atoms with E-state index in [0.717, 1.165) is 11.3 Å². The topological polar surface area (TPSA) is 79.4 Å². The molecule has 0 fully saturated rings. The first-order valence-corrected chi connectivity index (χ1v) is 10.4. The Hall–Kier alpha value is -2.51. The van der Waals surface area contributed by atoms with Gasteiger partial charge in [0.15, 0.2) is 0 Å². The van der Waals surface area contributed by atoms with E-state index in [4.69, 9.17) is 0 Å². The molecule has 2 rings (SSSR count). The van der Waals surface area contributed by atoms with E-state index in [9.17, 15) is 13.2 Å². The molecule has 1 aromatic carbocycles. The van der Waals surface area contributed by atoms with Crippen LogP contribution in [0.5, 0.6) is 0 Å². The first-order chi connectivity index (χ1) is 13.0. The molecule has 1 amide bonds. The van der Waals surface area contributed by atoms with E-state index in [0.29, 0.717) is 26.1 Å². The predicted molar refractivity (Wildman–Crippen MR) is 107 cm³/mol. The SMILES string of the molecule is CCN(CC)S(=O)(=O)c1ccc(/C=C/C(=O)NCCc2ccccn2)cc1. The third kappa shape index (κ3) is 6.01. The maximum absolute atomic E-state index is 12.4. The second kappa shape index (κ2) is 9.99. The number of carbonyl (C=O) groups is 1. The van der Waals surface area contributed by atoms with Crippen molar-refractivity contribution in [2.45, 2.75) is 25.2 Å². The molecule has 0 aliphatic carbocycles. The van der Waals surface area contributed by atoms with Crippen molar-refractivity contribution in [3.8, 4) is 0 Å². The van der Waals surface area contributed by atoms with Gasteiger partial charge < -0.3 is 5.32 Å². The zero-order valence-corrected chi connectivity index (χ0v) is 16.4. The fraction of sp³-hybridized carbons (Fsp3) is 0.300. The van der Waals surface area contributed by atoms with Crippen LogP contribution >= 0.6 is 0 Å². The minimum atomic E-state index is -3.46. The largest absolute Gasteiger partial charge is 0.352 e. The number of rotatable bonds is 9. The highest BCUT2D eigenvalue weighted by Crippen LogP contribution is 2.16. The first kappa shape index (κ1) is 20.8. The number of carbonyl (C=O) groups excluding carboxylic acids is 1. The van der Waals surface area contributed by atoms with Crippen molar-refractivity contribution < 1.29 is 13.2 Å². The van der Waals surface area contributed by atoms with Crippen molar-refractivity contribution in [3.63, 3.8) is 0 Å². The number of nitrogens with zero attached hydrogens (tertiary/aromatic N) is 2. The van der Waals surface area contributed by atoms with E-state index in [1.807, 2.05) is 32.0 Å². The van der Waals surface area contributed by atoms with Crippen molar-refractivity contribution in [2.75, 3.05) is 19.6 Å². The molecule has 0 unspecified atom stereocenters.